The molecule has 1 unspecified atom stereocenters. The van der Waals surface area contributed by atoms with Gasteiger partial charge in [-0.25, -0.2) is 4.98 Å². The summed E-state index contributed by atoms with van der Waals surface area (Å²) in [6.45, 7) is 11.7. The molecule has 3 nitrogen and oxygen atoms in total. The van der Waals surface area contributed by atoms with Crippen molar-refractivity contribution in [1.82, 2.24) is 10.3 Å². The SMILES string of the molecule is CCC(C)N(C)c1cccc(CNC(C)(C)C)n1. The minimum Gasteiger partial charge on any atom is -0.357 e. The Morgan fingerprint density at radius 1 is 1.33 bits per heavy atom. The van der Waals surface area contributed by atoms with Crippen molar-refractivity contribution in [3.05, 3.63) is 23.9 Å². The normalized spacial score (nSPS) is 13.4. The molecule has 0 aliphatic heterocycles. The molecule has 1 heterocycles. The maximum Gasteiger partial charge on any atom is 0.128 e. The number of aromatic nitrogens is 1. The van der Waals surface area contributed by atoms with Crippen LogP contribution in [-0.2, 0) is 6.54 Å². The van der Waals surface area contributed by atoms with Crippen LogP contribution in [0.1, 0.15) is 46.7 Å². The van der Waals surface area contributed by atoms with E-state index in [0.29, 0.717) is 6.04 Å². The predicted molar refractivity (Wildman–Crippen MR) is 79.0 cm³/mol. The molecule has 1 atom stereocenters. The molecule has 0 aliphatic rings. The van der Waals surface area contributed by atoms with Crippen LogP contribution in [0.5, 0.6) is 0 Å². The molecule has 1 rings (SSSR count). The first-order valence-corrected chi connectivity index (χ1v) is 6.77. The maximum atomic E-state index is 4.71. The topological polar surface area (TPSA) is 28.2 Å². The highest BCUT2D eigenvalue weighted by Crippen LogP contribution is 2.14. The van der Waals surface area contributed by atoms with Gasteiger partial charge in [0.15, 0.2) is 0 Å². The van der Waals surface area contributed by atoms with E-state index in [4.69, 9.17) is 4.98 Å². The Morgan fingerprint density at radius 3 is 2.56 bits per heavy atom. The molecule has 1 aromatic heterocycles. The van der Waals surface area contributed by atoms with Gasteiger partial charge in [-0.1, -0.05) is 13.0 Å². The number of nitrogens with zero attached hydrogens (tertiary/aromatic N) is 2. The molecular weight excluding hydrogens is 222 g/mol. The lowest BCUT2D eigenvalue weighted by Gasteiger charge is -2.26. The van der Waals surface area contributed by atoms with Gasteiger partial charge < -0.3 is 10.2 Å². The van der Waals surface area contributed by atoms with Crippen LogP contribution in [0.3, 0.4) is 0 Å². The van der Waals surface area contributed by atoms with E-state index in [-0.39, 0.29) is 5.54 Å². The second-order valence-corrected chi connectivity index (χ2v) is 5.96. The molecule has 18 heavy (non-hydrogen) atoms. The fraction of sp³-hybridized carbons (Fsp3) is 0.667. The molecule has 0 saturated carbocycles. The summed E-state index contributed by atoms with van der Waals surface area (Å²) in [4.78, 5) is 6.94. The molecule has 0 amide bonds. The van der Waals surface area contributed by atoms with Gasteiger partial charge in [0.2, 0.25) is 0 Å². The van der Waals surface area contributed by atoms with E-state index in [1.54, 1.807) is 0 Å². The van der Waals surface area contributed by atoms with E-state index in [9.17, 15) is 0 Å². The van der Waals surface area contributed by atoms with Crippen molar-refractivity contribution in [2.24, 2.45) is 0 Å². The second-order valence-electron chi connectivity index (χ2n) is 5.96. The van der Waals surface area contributed by atoms with Crippen molar-refractivity contribution < 1.29 is 0 Å². The molecule has 0 spiro atoms. The summed E-state index contributed by atoms with van der Waals surface area (Å²) < 4.78 is 0. The van der Waals surface area contributed by atoms with Crippen LogP contribution in [0.2, 0.25) is 0 Å². The average Bonchev–Trinajstić information content (AvgIpc) is 2.34. The Balaban J connectivity index is 2.73. The Morgan fingerprint density at radius 2 is 2.00 bits per heavy atom. The summed E-state index contributed by atoms with van der Waals surface area (Å²) in [5.41, 5.74) is 1.22. The zero-order chi connectivity index (χ0) is 13.8. The Hall–Kier alpha value is -1.09. The summed E-state index contributed by atoms with van der Waals surface area (Å²) in [6.07, 6.45) is 1.13. The van der Waals surface area contributed by atoms with E-state index in [1.165, 1.54) is 0 Å². The Labute approximate surface area is 112 Å². The van der Waals surface area contributed by atoms with Gasteiger partial charge in [0.25, 0.3) is 0 Å². The van der Waals surface area contributed by atoms with Gasteiger partial charge in [-0.15, -0.1) is 0 Å². The molecule has 0 aliphatic carbocycles. The third-order valence-corrected chi connectivity index (χ3v) is 3.21. The number of nitrogens with one attached hydrogen (secondary N) is 1. The zero-order valence-corrected chi connectivity index (χ0v) is 12.6. The molecule has 0 aromatic carbocycles. The molecule has 3 heteroatoms. The van der Waals surface area contributed by atoms with E-state index < -0.39 is 0 Å². The lowest BCUT2D eigenvalue weighted by Crippen LogP contribution is -2.35. The van der Waals surface area contributed by atoms with Gasteiger partial charge >= 0.3 is 0 Å². The first-order valence-electron chi connectivity index (χ1n) is 6.77. The third-order valence-electron chi connectivity index (χ3n) is 3.21. The number of pyridine rings is 1. The van der Waals surface area contributed by atoms with Crippen LogP contribution in [0.25, 0.3) is 0 Å². The van der Waals surface area contributed by atoms with Crippen LogP contribution in [-0.4, -0.2) is 23.6 Å². The van der Waals surface area contributed by atoms with Gasteiger partial charge in [0.1, 0.15) is 5.82 Å². The summed E-state index contributed by atoms with van der Waals surface area (Å²) in [7, 11) is 2.11. The van der Waals surface area contributed by atoms with Crippen LogP contribution in [0.15, 0.2) is 18.2 Å². The largest absolute Gasteiger partial charge is 0.357 e. The van der Waals surface area contributed by atoms with Crippen LogP contribution in [0, 0.1) is 0 Å². The lowest BCUT2D eigenvalue weighted by atomic mass is 10.1. The molecule has 0 fully saturated rings. The lowest BCUT2D eigenvalue weighted by molar-refractivity contribution is 0.421. The van der Waals surface area contributed by atoms with E-state index in [0.717, 1.165) is 24.5 Å². The molecule has 0 saturated heterocycles. The number of hydrogen-bond donors (Lipinski definition) is 1. The molecule has 1 aromatic rings. The summed E-state index contributed by atoms with van der Waals surface area (Å²) in [6, 6.07) is 6.75. The number of hydrogen-bond acceptors (Lipinski definition) is 3. The third kappa shape index (κ3) is 4.65. The van der Waals surface area contributed by atoms with Crippen LogP contribution in [0.4, 0.5) is 5.82 Å². The van der Waals surface area contributed by atoms with Crippen molar-refractivity contribution >= 4 is 5.82 Å². The smallest absolute Gasteiger partial charge is 0.128 e. The van der Waals surface area contributed by atoms with Gasteiger partial charge in [-0.05, 0) is 46.2 Å². The zero-order valence-electron chi connectivity index (χ0n) is 12.6. The van der Waals surface area contributed by atoms with E-state index in [2.05, 4.69) is 70.1 Å². The van der Waals surface area contributed by atoms with Crippen molar-refractivity contribution in [3.63, 3.8) is 0 Å². The summed E-state index contributed by atoms with van der Waals surface area (Å²) in [5.74, 6) is 1.05. The molecule has 0 bridgehead atoms. The molecule has 0 radical (unpaired) electrons. The predicted octanol–water partition coefficient (Wildman–Crippen LogP) is 3.20. The van der Waals surface area contributed by atoms with E-state index >= 15 is 0 Å². The van der Waals surface area contributed by atoms with Crippen molar-refractivity contribution in [2.45, 2.75) is 59.2 Å². The monoisotopic (exact) mass is 249 g/mol. The Kier molecular flexibility index (Phi) is 5.15. The average molecular weight is 249 g/mol. The summed E-state index contributed by atoms with van der Waals surface area (Å²) in [5, 5.41) is 3.47. The molecular formula is C15H27N3. The molecule has 1 N–H and O–H groups in total. The highest BCUT2D eigenvalue weighted by Gasteiger charge is 2.11. The molecule has 102 valence electrons. The standard InChI is InChI=1S/C15H27N3/c1-7-12(2)18(6)14-10-8-9-13(17-14)11-16-15(3,4)5/h8-10,12,16H,7,11H2,1-6H3. The van der Waals surface area contributed by atoms with Gasteiger partial charge in [0.05, 0.1) is 5.69 Å². The van der Waals surface area contributed by atoms with Crippen molar-refractivity contribution in [2.75, 3.05) is 11.9 Å². The number of rotatable bonds is 5. The number of anilines is 1. The van der Waals surface area contributed by atoms with Gasteiger partial charge in [-0.3, -0.25) is 0 Å². The van der Waals surface area contributed by atoms with Crippen molar-refractivity contribution in [3.8, 4) is 0 Å². The summed E-state index contributed by atoms with van der Waals surface area (Å²) >= 11 is 0. The first kappa shape index (κ1) is 15.0. The fourth-order valence-electron chi connectivity index (χ4n) is 1.62. The van der Waals surface area contributed by atoms with Gasteiger partial charge in [0, 0.05) is 25.2 Å². The fourth-order valence-corrected chi connectivity index (χ4v) is 1.62. The quantitative estimate of drug-likeness (QED) is 0.868. The van der Waals surface area contributed by atoms with Crippen molar-refractivity contribution in [1.29, 1.82) is 0 Å². The highest BCUT2D eigenvalue weighted by molar-refractivity contribution is 5.39. The van der Waals surface area contributed by atoms with Crippen LogP contribution < -0.4 is 10.2 Å². The van der Waals surface area contributed by atoms with Crippen LogP contribution >= 0.6 is 0 Å². The van der Waals surface area contributed by atoms with Gasteiger partial charge in [-0.2, -0.15) is 0 Å². The maximum absolute atomic E-state index is 4.71. The Bertz CT molecular complexity index is 368. The minimum absolute atomic E-state index is 0.125. The highest BCUT2D eigenvalue weighted by atomic mass is 15.2. The minimum atomic E-state index is 0.125. The van der Waals surface area contributed by atoms with E-state index in [1.807, 2.05) is 0 Å². The first-order chi connectivity index (χ1) is 8.33. The second kappa shape index (κ2) is 6.19.